The fourth-order valence-electron chi connectivity index (χ4n) is 2.65. The molecular weight excluding hydrogens is 370 g/mol. The van der Waals surface area contributed by atoms with Gasteiger partial charge in [-0.25, -0.2) is 4.79 Å². The molecule has 1 atom stereocenters. The lowest BCUT2D eigenvalue weighted by molar-refractivity contribution is -0.145. The zero-order chi connectivity index (χ0) is 18.8. The Kier molecular flexibility index (Phi) is 5.29. The summed E-state index contributed by atoms with van der Waals surface area (Å²) in [6, 6.07) is 10.6. The van der Waals surface area contributed by atoms with E-state index in [2.05, 4.69) is 0 Å². The lowest BCUT2D eigenvalue weighted by atomic mass is 10.1. The van der Waals surface area contributed by atoms with Crippen LogP contribution in [0.3, 0.4) is 0 Å². The number of nitrogens with zero attached hydrogens (tertiary/aromatic N) is 1. The van der Waals surface area contributed by atoms with Crippen LogP contribution < -0.4 is 0 Å². The molecule has 2 aromatic rings. The fourth-order valence-corrected chi connectivity index (χ4v) is 3.99. The van der Waals surface area contributed by atoms with Crippen molar-refractivity contribution in [1.82, 2.24) is 4.90 Å². The van der Waals surface area contributed by atoms with Gasteiger partial charge in [0.25, 0.3) is 5.91 Å². The second kappa shape index (κ2) is 7.47. The molecule has 134 valence electrons. The van der Waals surface area contributed by atoms with Crippen LogP contribution in [-0.4, -0.2) is 32.2 Å². The maximum Gasteiger partial charge on any atom is 0.326 e. The number of aliphatic carboxylic acids is 1. The Hall–Kier alpha value is -2.38. The summed E-state index contributed by atoms with van der Waals surface area (Å²) in [5, 5.41) is 9.29. The van der Waals surface area contributed by atoms with E-state index in [4.69, 9.17) is 16.6 Å². The summed E-state index contributed by atoms with van der Waals surface area (Å²) >= 11 is 6.29. The normalized spacial score (nSPS) is 17.2. The fraction of sp³-hybridized carbons (Fsp3) is 0.211. The number of carbonyl (C=O) groups excluding carboxylic acids is 1. The van der Waals surface area contributed by atoms with Crippen LogP contribution >= 0.6 is 24.0 Å². The van der Waals surface area contributed by atoms with E-state index in [9.17, 15) is 14.7 Å². The van der Waals surface area contributed by atoms with E-state index in [0.29, 0.717) is 16.4 Å². The summed E-state index contributed by atoms with van der Waals surface area (Å²) in [6.45, 7) is 3.72. The minimum absolute atomic E-state index is 0.251. The zero-order valence-electron chi connectivity index (χ0n) is 14.3. The van der Waals surface area contributed by atoms with Crippen LogP contribution in [0, 0.1) is 6.92 Å². The standard InChI is InChI=1S/C19H17NO4S2/c1-3-14(18(22)23)20-17(21)16(26-19(20)25)10-13-8-9-15(24-13)12-6-4-11(2)5-7-12/h4-10,14H,3H2,1-2H3,(H,22,23)/b16-10+. The topological polar surface area (TPSA) is 70.8 Å². The highest BCUT2D eigenvalue weighted by molar-refractivity contribution is 8.26. The van der Waals surface area contributed by atoms with Crippen molar-refractivity contribution in [2.45, 2.75) is 26.3 Å². The number of carboxylic acid groups (broad SMARTS) is 1. The highest BCUT2D eigenvalue weighted by Gasteiger charge is 2.39. The first-order chi connectivity index (χ1) is 12.4. The second-order valence-electron chi connectivity index (χ2n) is 5.88. The van der Waals surface area contributed by atoms with Gasteiger partial charge in [0, 0.05) is 11.6 Å². The number of hydrogen-bond acceptors (Lipinski definition) is 5. The first-order valence-electron chi connectivity index (χ1n) is 8.07. The first kappa shape index (κ1) is 18.4. The van der Waals surface area contributed by atoms with Crippen LogP contribution in [0.4, 0.5) is 0 Å². The van der Waals surface area contributed by atoms with Crippen LogP contribution in [0.1, 0.15) is 24.7 Å². The average molecular weight is 387 g/mol. The average Bonchev–Trinajstić information content (AvgIpc) is 3.16. The van der Waals surface area contributed by atoms with Crippen molar-refractivity contribution in [3.05, 3.63) is 52.6 Å². The summed E-state index contributed by atoms with van der Waals surface area (Å²) < 4.78 is 6.06. The molecule has 1 unspecified atom stereocenters. The van der Waals surface area contributed by atoms with Gasteiger partial charge in [-0.1, -0.05) is 60.7 Å². The van der Waals surface area contributed by atoms with Crippen LogP contribution in [0.15, 0.2) is 45.7 Å². The molecule has 1 aliphatic heterocycles. The van der Waals surface area contributed by atoms with Gasteiger partial charge in [-0.2, -0.15) is 0 Å². The van der Waals surface area contributed by atoms with Crippen molar-refractivity contribution in [3.8, 4) is 11.3 Å². The van der Waals surface area contributed by atoms with Crippen molar-refractivity contribution in [1.29, 1.82) is 0 Å². The number of benzene rings is 1. The molecule has 1 aromatic carbocycles. The predicted molar refractivity (Wildman–Crippen MR) is 106 cm³/mol. The Balaban J connectivity index is 1.85. The predicted octanol–water partition coefficient (Wildman–Crippen LogP) is 4.32. The molecular formula is C19H17NO4S2. The summed E-state index contributed by atoms with van der Waals surface area (Å²) in [4.78, 5) is 25.5. The number of thioether (sulfide) groups is 1. The number of amides is 1. The largest absolute Gasteiger partial charge is 0.480 e. The lowest BCUT2D eigenvalue weighted by Crippen LogP contribution is -2.43. The Bertz CT molecular complexity index is 899. The number of carbonyl (C=O) groups is 2. The van der Waals surface area contributed by atoms with E-state index in [0.717, 1.165) is 27.8 Å². The quantitative estimate of drug-likeness (QED) is 0.609. The molecule has 3 rings (SSSR count). The monoisotopic (exact) mass is 387 g/mol. The highest BCUT2D eigenvalue weighted by atomic mass is 32.2. The summed E-state index contributed by atoms with van der Waals surface area (Å²) in [6.07, 6.45) is 1.89. The van der Waals surface area contributed by atoms with Gasteiger partial charge in [0.1, 0.15) is 21.9 Å². The van der Waals surface area contributed by atoms with Gasteiger partial charge in [-0.15, -0.1) is 0 Å². The number of rotatable bonds is 5. The summed E-state index contributed by atoms with van der Waals surface area (Å²) in [5.41, 5.74) is 2.10. The molecule has 0 saturated carbocycles. The van der Waals surface area contributed by atoms with Gasteiger partial charge < -0.3 is 9.52 Å². The van der Waals surface area contributed by atoms with Gasteiger partial charge in [0.2, 0.25) is 0 Å². The van der Waals surface area contributed by atoms with E-state index in [1.54, 1.807) is 19.1 Å². The van der Waals surface area contributed by atoms with E-state index >= 15 is 0 Å². The van der Waals surface area contributed by atoms with E-state index in [1.165, 1.54) is 0 Å². The molecule has 1 saturated heterocycles. The molecule has 1 fully saturated rings. The molecule has 2 heterocycles. The first-order valence-corrected chi connectivity index (χ1v) is 9.30. The molecule has 7 heteroatoms. The van der Waals surface area contributed by atoms with Gasteiger partial charge in [0.15, 0.2) is 0 Å². The number of aryl methyl sites for hydroxylation is 1. The van der Waals surface area contributed by atoms with Gasteiger partial charge in [-0.05, 0) is 25.5 Å². The Morgan fingerprint density at radius 3 is 2.62 bits per heavy atom. The molecule has 26 heavy (non-hydrogen) atoms. The molecule has 1 aliphatic rings. The maximum absolute atomic E-state index is 12.6. The van der Waals surface area contributed by atoms with Crippen LogP contribution in [-0.2, 0) is 9.59 Å². The Morgan fingerprint density at radius 2 is 2.00 bits per heavy atom. The van der Waals surface area contributed by atoms with Crippen molar-refractivity contribution in [2.24, 2.45) is 0 Å². The SMILES string of the molecule is CCC(C(=O)O)N1C(=O)/C(=C\c2ccc(-c3ccc(C)cc3)o2)SC1=S. The van der Waals surface area contributed by atoms with Crippen LogP contribution in [0.25, 0.3) is 17.4 Å². The van der Waals surface area contributed by atoms with E-state index in [1.807, 2.05) is 37.3 Å². The second-order valence-corrected chi connectivity index (χ2v) is 7.56. The molecule has 0 aliphatic carbocycles. The number of hydrogen-bond donors (Lipinski definition) is 1. The Morgan fingerprint density at radius 1 is 1.31 bits per heavy atom. The lowest BCUT2D eigenvalue weighted by Gasteiger charge is -2.21. The van der Waals surface area contributed by atoms with Crippen molar-refractivity contribution < 1.29 is 19.1 Å². The molecule has 1 aromatic heterocycles. The van der Waals surface area contributed by atoms with Crippen molar-refractivity contribution >= 4 is 46.3 Å². The molecule has 0 bridgehead atoms. The molecule has 1 amide bonds. The minimum atomic E-state index is -1.07. The summed E-state index contributed by atoms with van der Waals surface area (Å²) in [5.74, 6) is -0.250. The minimum Gasteiger partial charge on any atom is -0.480 e. The Labute approximate surface area is 160 Å². The van der Waals surface area contributed by atoms with Gasteiger partial charge in [-0.3, -0.25) is 9.69 Å². The van der Waals surface area contributed by atoms with E-state index < -0.39 is 17.9 Å². The third-order valence-corrected chi connectivity index (χ3v) is 5.37. The smallest absolute Gasteiger partial charge is 0.326 e. The van der Waals surface area contributed by atoms with E-state index in [-0.39, 0.29) is 10.7 Å². The molecule has 1 N–H and O–H groups in total. The zero-order valence-corrected chi connectivity index (χ0v) is 15.9. The molecule has 5 nitrogen and oxygen atoms in total. The summed E-state index contributed by atoms with van der Waals surface area (Å²) in [7, 11) is 0. The third kappa shape index (κ3) is 3.59. The number of furan rings is 1. The number of thiocarbonyl (C=S) groups is 1. The maximum atomic E-state index is 12.6. The van der Waals surface area contributed by atoms with Gasteiger partial charge >= 0.3 is 5.97 Å². The highest BCUT2D eigenvalue weighted by Crippen LogP contribution is 2.35. The van der Waals surface area contributed by atoms with Crippen LogP contribution in [0.2, 0.25) is 0 Å². The van der Waals surface area contributed by atoms with Crippen LogP contribution in [0.5, 0.6) is 0 Å². The van der Waals surface area contributed by atoms with Crippen molar-refractivity contribution in [2.75, 3.05) is 0 Å². The molecule has 0 radical (unpaired) electrons. The third-order valence-electron chi connectivity index (χ3n) is 4.04. The van der Waals surface area contributed by atoms with Gasteiger partial charge in [0.05, 0.1) is 4.91 Å². The number of carboxylic acids is 1. The molecule has 0 spiro atoms. The van der Waals surface area contributed by atoms with Crippen molar-refractivity contribution in [3.63, 3.8) is 0 Å².